The molecule has 274 valence electrons. The van der Waals surface area contributed by atoms with Crippen LogP contribution in [0.3, 0.4) is 0 Å². The third-order valence-corrected chi connectivity index (χ3v) is 9.24. The third-order valence-electron chi connectivity index (χ3n) is 9.24. The minimum Gasteiger partial charge on any atom is -0.458 e. The molecule has 2 aliphatic carbocycles. The summed E-state index contributed by atoms with van der Waals surface area (Å²) in [4.78, 5) is 48.9. The molecule has 1 aliphatic heterocycles. The molecule has 2 saturated carbocycles. The van der Waals surface area contributed by atoms with Crippen molar-refractivity contribution >= 4 is 18.0 Å². The summed E-state index contributed by atoms with van der Waals surface area (Å²) in [5.74, 6) is -1.44. The molecular weight excluding hydrogens is 676 g/mol. The van der Waals surface area contributed by atoms with Gasteiger partial charge in [-0.3, -0.25) is 14.5 Å². The second-order valence-corrected chi connectivity index (χ2v) is 12.9. The Morgan fingerprint density at radius 3 is 1.90 bits per heavy atom. The molecule has 1 heterocycles. The second-order valence-electron chi connectivity index (χ2n) is 12.9. The van der Waals surface area contributed by atoms with Crippen LogP contribution in [0.2, 0.25) is 0 Å². The van der Waals surface area contributed by atoms with Crippen molar-refractivity contribution in [2.75, 3.05) is 0 Å². The largest absolute Gasteiger partial charge is 0.458 e. The summed E-state index contributed by atoms with van der Waals surface area (Å²) in [7, 11) is 0. The lowest BCUT2D eigenvalue weighted by Crippen LogP contribution is -2.61. The summed E-state index contributed by atoms with van der Waals surface area (Å²) >= 11 is 0. The summed E-state index contributed by atoms with van der Waals surface area (Å²) in [6.45, 7) is 2.58. The van der Waals surface area contributed by atoms with Gasteiger partial charge in [-0.15, -0.1) is 0 Å². The Morgan fingerprint density at radius 1 is 0.769 bits per heavy atom. The van der Waals surface area contributed by atoms with Crippen LogP contribution < -0.4 is 0 Å². The fourth-order valence-electron chi connectivity index (χ4n) is 6.91. The van der Waals surface area contributed by atoms with E-state index in [1.807, 2.05) is 60.7 Å². The second kappa shape index (κ2) is 18.1. The van der Waals surface area contributed by atoms with Gasteiger partial charge in [0.2, 0.25) is 0 Å². The number of carbonyl (C=O) groups excluding carboxylic acids is 3. The van der Waals surface area contributed by atoms with Crippen LogP contribution in [0, 0.1) is 5.92 Å². The van der Waals surface area contributed by atoms with Crippen LogP contribution in [-0.2, 0) is 46.4 Å². The van der Waals surface area contributed by atoms with Gasteiger partial charge in [0.1, 0.15) is 18.8 Å². The number of hydrogen-bond acceptors (Lipinski definition) is 11. The van der Waals surface area contributed by atoms with E-state index in [1.165, 1.54) is 0 Å². The lowest BCUT2D eigenvalue weighted by atomic mass is 9.84. The van der Waals surface area contributed by atoms with Gasteiger partial charge in [-0.2, -0.15) is 0 Å². The average molecular weight is 717 g/mol. The minimum absolute atomic E-state index is 0.0684. The van der Waals surface area contributed by atoms with E-state index in [0.29, 0.717) is 12.8 Å². The van der Waals surface area contributed by atoms with Crippen LogP contribution in [0.15, 0.2) is 76.0 Å². The highest BCUT2D eigenvalue weighted by Gasteiger charge is 2.52. The first-order chi connectivity index (χ1) is 25.2. The summed E-state index contributed by atoms with van der Waals surface area (Å²) < 4.78 is 30.0. The quantitative estimate of drug-likeness (QED) is 0.0659. The van der Waals surface area contributed by atoms with Crippen molar-refractivity contribution in [3.63, 3.8) is 0 Å². The molecule has 18 heteroatoms. The highest BCUT2D eigenvalue weighted by atomic mass is 16.7. The predicted octanol–water partition coefficient (Wildman–Crippen LogP) is 6.80. The number of azide groups is 3. The summed E-state index contributed by atoms with van der Waals surface area (Å²) in [6, 6.07) is 15.4. The van der Waals surface area contributed by atoms with Crippen molar-refractivity contribution in [3.05, 3.63) is 103 Å². The molecule has 52 heavy (non-hydrogen) atoms. The molecule has 0 radical (unpaired) electrons. The average Bonchev–Trinajstić information content (AvgIpc) is 3.97. The topological polar surface area (TPSA) is 247 Å². The Kier molecular flexibility index (Phi) is 13.2. The SMILES string of the molecule is CC(=O)O[C@@H]1[C@@H](OC(C)=O)[C@H](N=[N+]=[N-])C[C@H](N=[N+]=[N-])[C@H]1O[C@H]1O[C@H](C(C2CC2)N(Cc2ccccc2)C(=O)OCc2ccccc2)CCC1N=[N+]=[N-]. The maximum atomic E-state index is 14.0. The highest BCUT2D eigenvalue weighted by molar-refractivity contribution is 5.69. The number of nitrogens with zero attached hydrogens (tertiary/aromatic N) is 10. The molecule has 2 aromatic rings. The van der Waals surface area contributed by atoms with Gasteiger partial charge in [-0.05, 0) is 65.7 Å². The molecule has 2 unspecified atom stereocenters. The molecule has 0 aromatic heterocycles. The minimum atomic E-state index is -1.40. The molecule has 0 spiro atoms. The van der Waals surface area contributed by atoms with Crippen molar-refractivity contribution in [2.24, 2.45) is 21.3 Å². The van der Waals surface area contributed by atoms with Gasteiger partial charge in [0.05, 0.1) is 30.3 Å². The number of hydrogen-bond donors (Lipinski definition) is 0. The molecule has 1 saturated heterocycles. The van der Waals surface area contributed by atoms with Gasteiger partial charge in [0.15, 0.2) is 12.4 Å². The zero-order valence-electron chi connectivity index (χ0n) is 28.7. The van der Waals surface area contributed by atoms with E-state index in [-0.39, 0.29) is 25.5 Å². The van der Waals surface area contributed by atoms with Crippen LogP contribution in [0.25, 0.3) is 31.3 Å². The van der Waals surface area contributed by atoms with E-state index in [9.17, 15) is 31.0 Å². The van der Waals surface area contributed by atoms with E-state index in [1.54, 1.807) is 4.90 Å². The number of ether oxygens (including phenoxy) is 5. The lowest BCUT2D eigenvalue weighted by Gasteiger charge is -2.46. The van der Waals surface area contributed by atoms with E-state index >= 15 is 0 Å². The van der Waals surface area contributed by atoms with Crippen LogP contribution in [0.1, 0.15) is 57.1 Å². The van der Waals surface area contributed by atoms with Gasteiger partial charge in [0.25, 0.3) is 0 Å². The Labute approximate surface area is 299 Å². The van der Waals surface area contributed by atoms with Gasteiger partial charge < -0.3 is 23.7 Å². The highest BCUT2D eigenvalue weighted by Crippen LogP contribution is 2.43. The van der Waals surface area contributed by atoms with E-state index in [0.717, 1.165) is 37.8 Å². The Hall–Kier alpha value is -5.50. The first-order valence-electron chi connectivity index (χ1n) is 17.0. The number of rotatable bonds is 14. The summed E-state index contributed by atoms with van der Waals surface area (Å²) in [5.41, 5.74) is 29.9. The molecule has 0 bridgehead atoms. The molecule has 3 aliphatic rings. The molecule has 5 rings (SSSR count). The summed E-state index contributed by atoms with van der Waals surface area (Å²) in [6.07, 6.45) is -4.16. The Balaban J connectivity index is 1.47. The molecule has 9 atom stereocenters. The molecule has 18 nitrogen and oxygen atoms in total. The molecule has 0 N–H and O–H groups in total. The van der Waals surface area contributed by atoms with Crippen LogP contribution in [-0.4, -0.2) is 77.8 Å². The number of amides is 1. The monoisotopic (exact) mass is 716 g/mol. The first kappa shape index (κ1) is 37.7. The number of esters is 2. The summed E-state index contributed by atoms with van der Waals surface area (Å²) in [5, 5.41) is 11.5. The van der Waals surface area contributed by atoms with E-state index in [2.05, 4.69) is 30.1 Å². The number of benzene rings is 2. The van der Waals surface area contributed by atoms with Crippen LogP contribution in [0.4, 0.5) is 4.79 Å². The normalized spacial score (nSPS) is 27.3. The van der Waals surface area contributed by atoms with Crippen molar-refractivity contribution in [2.45, 2.75) is 114 Å². The van der Waals surface area contributed by atoms with Crippen molar-refractivity contribution in [1.82, 2.24) is 4.90 Å². The Bertz CT molecular complexity index is 1700. The first-order valence-corrected chi connectivity index (χ1v) is 17.0. The Morgan fingerprint density at radius 2 is 1.33 bits per heavy atom. The zero-order valence-corrected chi connectivity index (χ0v) is 28.7. The number of carbonyl (C=O) groups is 3. The maximum absolute atomic E-state index is 14.0. The molecule has 2 aromatic carbocycles. The zero-order chi connectivity index (χ0) is 37.0. The third kappa shape index (κ3) is 9.84. The van der Waals surface area contributed by atoms with Gasteiger partial charge >= 0.3 is 18.0 Å². The van der Waals surface area contributed by atoms with Gasteiger partial charge in [-0.25, -0.2) is 4.79 Å². The van der Waals surface area contributed by atoms with Gasteiger partial charge in [0, 0.05) is 35.1 Å². The van der Waals surface area contributed by atoms with E-state index in [4.69, 9.17) is 23.7 Å². The fraction of sp³-hybridized carbons (Fsp3) is 0.559. The molecular formula is C34H40N10O8. The van der Waals surface area contributed by atoms with Crippen molar-refractivity contribution in [1.29, 1.82) is 0 Å². The van der Waals surface area contributed by atoms with Crippen molar-refractivity contribution < 1.29 is 38.1 Å². The fourth-order valence-corrected chi connectivity index (χ4v) is 6.91. The maximum Gasteiger partial charge on any atom is 0.410 e. The standard InChI is InChI=1S/C34H40N10O8/c1-20(45)49-30-26(39-42-36)17-27(40-43-37)31(32(30)50-21(2)46)52-33-25(38-41-35)15-16-28(51-33)29(24-13-14-24)44(18-22-9-5-3-6-10-22)34(47)48-19-23-11-7-4-8-12-23/h3-12,24-33H,13-19H2,1-2H3/t25?,26-,27+,28+,29?,30+,31-,32-,33-/m1/s1. The van der Waals surface area contributed by atoms with Crippen LogP contribution in [0.5, 0.6) is 0 Å². The smallest absolute Gasteiger partial charge is 0.410 e. The predicted molar refractivity (Wildman–Crippen MR) is 182 cm³/mol. The van der Waals surface area contributed by atoms with Gasteiger partial charge in [-0.1, -0.05) is 76.0 Å². The molecule has 3 fully saturated rings. The van der Waals surface area contributed by atoms with Crippen LogP contribution >= 0.6 is 0 Å². The van der Waals surface area contributed by atoms with Crippen molar-refractivity contribution in [3.8, 4) is 0 Å². The molecule has 1 amide bonds. The van der Waals surface area contributed by atoms with E-state index < -0.39 is 72.9 Å². The lowest BCUT2D eigenvalue weighted by molar-refractivity contribution is -0.265.